The Hall–Kier alpha value is -2.56. The topological polar surface area (TPSA) is 58.5 Å². The van der Waals surface area contributed by atoms with E-state index in [4.69, 9.17) is 0 Å². The second-order valence-corrected chi connectivity index (χ2v) is 3.93. The Bertz CT molecular complexity index is 581. The van der Waals surface area contributed by atoms with Crippen LogP contribution in [-0.2, 0) is 6.54 Å². The first-order valence-electron chi connectivity index (χ1n) is 5.73. The lowest BCUT2D eigenvalue weighted by Gasteiger charge is -2.05. The van der Waals surface area contributed by atoms with Gasteiger partial charge in [-0.1, -0.05) is 0 Å². The second kappa shape index (κ2) is 4.75. The van der Waals surface area contributed by atoms with Gasteiger partial charge in [-0.3, -0.25) is 0 Å². The van der Waals surface area contributed by atoms with Crippen LogP contribution in [0.15, 0.2) is 55.2 Å². The van der Waals surface area contributed by atoms with Crippen molar-refractivity contribution in [3.05, 3.63) is 60.8 Å². The number of hydrogen-bond donors (Lipinski definition) is 2. The quantitative estimate of drug-likeness (QED) is 0.733. The highest BCUT2D eigenvalue weighted by Gasteiger charge is 1.98. The van der Waals surface area contributed by atoms with E-state index in [1.165, 1.54) is 5.56 Å². The fraction of sp³-hybridized carbons (Fsp3) is 0.0769. The minimum atomic E-state index is 0.784. The molecule has 0 saturated carbocycles. The van der Waals surface area contributed by atoms with Crippen molar-refractivity contribution < 1.29 is 0 Å². The minimum Gasteiger partial charge on any atom is -0.380 e. The lowest BCUT2D eigenvalue weighted by Crippen LogP contribution is -2.01. The Morgan fingerprint density at radius 2 is 2.28 bits per heavy atom. The maximum Gasteiger partial charge on any atom is 0.153 e. The molecule has 0 radical (unpaired) electrons. The van der Waals surface area contributed by atoms with Crippen LogP contribution in [0.5, 0.6) is 0 Å². The Morgan fingerprint density at radius 3 is 2.94 bits per heavy atom. The van der Waals surface area contributed by atoms with Crippen LogP contribution in [0.4, 0.5) is 5.69 Å². The summed E-state index contributed by atoms with van der Waals surface area (Å²) in [6.07, 6.45) is 9.30. The van der Waals surface area contributed by atoms with Crippen LogP contribution >= 0.6 is 0 Å². The number of pyridine rings is 1. The number of aromatic amines is 1. The molecule has 3 aromatic rings. The van der Waals surface area contributed by atoms with Crippen molar-refractivity contribution in [1.29, 1.82) is 0 Å². The molecule has 0 bridgehead atoms. The maximum atomic E-state index is 4.35. The molecule has 0 spiro atoms. The predicted molar refractivity (Wildman–Crippen MR) is 69.5 cm³/mol. The Morgan fingerprint density at radius 1 is 1.28 bits per heavy atom. The monoisotopic (exact) mass is 239 g/mol. The fourth-order valence-corrected chi connectivity index (χ4v) is 1.70. The van der Waals surface area contributed by atoms with E-state index in [-0.39, 0.29) is 0 Å². The van der Waals surface area contributed by atoms with Gasteiger partial charge in [0.05, 0.1) is 11.9 Å². The molecule has 18 heavy (non-hydrogen) atoms. The van der Waals surface area contributed by atoms with Crippen molar-refractivity contribution in [3.8, 4) is 5.82 Å². The number of anilines is 1. The Kier molecular flexibility index (Phi) is 2.79. The van der Waals surface area contributed by atoms with E-state index >= 15 is 0 Å². The number of rotatable bonds is 4. The number of H-pyrrole nitrogens is 1. The van der Waals surface area contributed by atoms with Gasteiger partial charge in [-0.25, -0.2) is 9.67 Å². The highest BCUT2D eigenvalue weighted by Crippen LogP contribution is 2.10. The molecule has 0 aliphatic heterocycles. The molecule has 2 N–H and O–H groups in total. The fourth-order valence-electron chi connectivity index (χ4n) is 1.70. The van der Waals surface area contributed by atoms with Crippen LogP contribution in [0.2, 0.25) is 0 Å². The van der Waals surface area contributed by atoms with Gasteiger partial charge in [0.25, 0.3) is 0 Å². The SMILES string of the molecule is c1cnn(-c2ccc(NCc3cc[nH]c3)cn2)c1. The average Bonchev–Trinajstić information content (AvgIpc) is 3.10. The molecule has 0 aromatic carbocycles. The third-order valence-corrected chi connectivity index (χ3v) is 2.65. The van der Waals surface area contributed by atoms with Crippen molar-refractivity contribution in [1.82, 2.24) is 19.7 Å². The standard InChI is InChI=1S/C13H13N5/c1-5-17-18(7-1)13-3-2-12(10-16-13)15-9-11-4-6-14-8-11/h1-8,10,14-15H,9H2. The predicted octanol–water partition coefficient (Wildman–Crippen LogP) is 2.21. The van der Waals surface area contributed by atoms with E-state index < -0.39 is 0 Å². The van der Waals surface area contributed by atoms with Crippen LogP contribution in [0, 0.1) is 0 Å². The van der Waals surface area contributed by atoms with Crippen LogP contribution < -0.4 is 5.32 Å². The summed E-state index contributed by atoms with van der Waals surface area (Å²) in [5.74, 6) is 0.812. The second-order valence-electron chi connectivity index (χ2n) is 3.93. The molecule has 0 amide bonds. The van der Waals surface area contributed by atoms with Crippen molar-refractivity contribution in [2.75, 3.05) is 5.32 Å². The smallest absolute Gasteiger partial charge is 0.153 e. The molecule has 0 saturated heterocycles. The normalized spacial score (nSPS) is 10.4. The summed E-state index contributed by atoms with van der Waals surface area (Å²) in [7, 11) is 0. The number of nitrogens with zero attached hydrogens (tertiary/aromatic N) is 3. The first kappa shape index (κ1) is 10.6. The first-order chi connectivity index (χ1) is 8.92. The Labute approximate surface area is 104 Å². The maximum absolute atomic E-state index is 4.35. The van der Waals surface area contributed by atoms with Gasteiger partial charge >= 0.3 is 0 Å². The zero-order chi connectivity index (χ0) is 12.2. The highest BCUT2D eigenvalue weighted by atomic mass is 15.3. The summed E-state index contributed by atoms with van der Waals surface area (Å²) in [6, 6.07) is 7.85. The largest absolute Gasteiger partial charge is 0.380 e. The van der Waals surface area contributed by atoms with Crippen molar-refractivity contribution in [2.24, 2.45) is 0 Å². The van der Waals surface area contributed by atoms with Gasteiger partial charge in [0, 0.05) is 31.3 Å². The van der Waals surface area contributed by atoms with E-state index in [1.54, 1.807) is 10.9 Å². The molecule has 0 aliphatic carbocycles. The summed E-state index contributed by atoms with van der Waals surface area (Å²) in [5.41, 5.74) is 2.21. The lowest BCUT2D eigenvalue weighted by atomic mass is 10.3. The molecule has 0 unspecified atom stereocenters. The van der Waals surface area contributed by atoms with Crippen molar-refractivity contribution in [3.63, 3.8) is 0 Å². The van der Waals surface area contributed by atoms with E-state index in [9.17, 15) is 0 Å². The van der Waals surface area contributed by atoms with Gasteiger partial charge in [0.2, 0.25) is 0 Å². The van der Waals surface area contributed by atoms with Gasteiger partial charge in [-0.15, -0.1) is 0 Å². The minimum absolute atomic E-state index is 0.784. The molecule has 3 aromatic heterocycles. The van der Waals surface area contributed by atoms with Crippen molar-refractivity contribution in [2.45, 2.75) is 6.54 Å². The van der Waals surface area contributed by atoms with Gasteiger partial charge < -0.3 is 10.3 Å². The van der Waals surface area contributed by atoms with Gasteiger partial charge in [0.1, 0.15) is 0 Å². The van der Waals surface area contributed by atoms with Gasteiger partial charge in [-0.05, 0) is 29.8 Å². The lowest BCUT2D eigenvalue weighted by molar-refractivity contribution is 0.847. The van der Waals surface area contributed by atoms with Gasteiger partial charge in [-0.2, -0.15) is 5.10 Å². The van der Waals surface area contributed by atoms with Crippen LogP contribution in [0.1, 0.15) is 5.56 Å². The molecule has 3 rings (SSSR count). The molecule has 0 aliphatic rings. The number of nitrogens with one attached hydrogen (secondary N) is 2. The number of aromatic nitrogens is 4. The molecular formula is C13H13N5. The van der Waals surface area contributed by atoms with E-state index in [1.807, 2.05) is 49.1 Å². The number of hydrogen-bond acceptors (Lipinski definition) is 3. The zero-order valence-corrected chi connectivity index (χ0v) is 9.74. The highest BCUT2D eigenvalue weighted by molar-refractivity contribution is 5.43. The summed E-state index contributed by atoms with van der Waals surface area (Å²) in [4.78, 5) is 7.38. The van der Waals surface area contributed by atoms with E-state index in [0.717, 1.165) is 18.1 Å². The summed E-state index contributed by atoms with van der Waals surface area (Å²) < 4.78 is 1.73. The van der Waals surface area contributed by atoms with Gasteiger partial charge in [0.15, 0.2) is 5.82 Å². The molecule has 0 fully saturated rings. The van der Waals surface area contributed by atoms with Crippen molar-refractivity contribution >= 4 is 5.69 Å². The third-order valence-electron chi connectivity index (χ3n) is 2.65. The summed E-state index contributed by atoms with van der Waals surface area (Å²) in [5, 5.41) is 7.44. The first-order valence-corrected chi connectivity index (χ1v) is 5.73. The van der Waals surface area contributed by atoms with Crippen LogP contribution in [-0.4, -0.2) is 19.7 Å². The van der Waals surface area contributed by atoms with E-state index in [2.05, 4.69) is 20.4 Å². The van der Waals surface area contributed by atoms with Crippen LogP contribution in [0.25, 0.3) is 5.82 Å². The molecule has 90 valence electrons. The molecule has 0 atom stereocenters. The third kappa shape index (κ3) is 2.24. The molecular weight excluding hydrogens is 226 g/mol. The summed E-state index contributed by atoms with van der Waals surface area (Å²) >= 11 is 0. The van der Waals surface area contributed by atoms with E-state index in [0.29, 0.717) is 0 Å². The Balaban J connectivity index is 1.68. The molecule has 3 heterocycles. The van der Waals surface area contributed by atoms with Crippen LogP contribution in [0.3, 0.4) is 0 Å². The average molecular weight is 239 g/mol. The molecule has 5 heteroatoms. The molecule has 5 nitrogen and oxygen atoms in total. The summed E-state index contributed by atoms with van der Waals surface area (Å²) in [6.45, 7) is 0.784. The zero-order valence-electron chi connectivity index (χ0n) is 9.74.